The summed E-state index contributed by atoms with van der Waals surface area (Å²) in [7, 11) is 0. The van der Waals surface area contributed by atoms with E-state index in [0.29, 0.717) is 0 Å². The number of aromatic amines is 1. The molecule has 92 valence electrons. The lowest BCUT2D eigenvalue weighted by molar-refractivity contribution is 1.06. The second-order valence-corrected chi connectivity index (χ2v) is 6.59. The molecule has 2 nitrogen and oxygen atoms in total. The predicted molar refractivity (Wildman–Crippen MR) is 82.3 cm³/mol. The van der Waals surface area contributed by atoms with E-state index in [0.717, 1.165) is 32.0 Å². The van der Waals surface area contributed by atoms with E-state index < -0.39 is 0 Å². The topological polar surface area (TPSA) is 28.7 Å². The third-order valence-corrected chi connectivity index (χ3v) is 4.86. The van der Waals surface area contributed by atoms with Crippen molar-refractivity contribution in [1.82, 2.24) is 9.97 Å². The van der Waals surface area contributed by atoms with E-state index >= 15 is 0 Å². The molecule has 0 aliphatic carbocycles. The molecule has 18 heavy (non-hydrogen) atoms. The molecule has 2 aromatic rings. The number of halogens is 1. The van der Waals surface area contributed by atoms with E-state index in [2.05, 4.69) is 45.0 Å². The lowest BCUT2D eigenvalue weighted by atomic mass is 10.1. The molecule has 0 spiro atoms. The van der Waals surface area contributed by atoms with Gasteiger partial charge in [-0.05, 0) is 30.7 Å². The summed E-state index contributed by atoms with van der Waals surface area (Å²) in [6, 6.07) is 6.19. The quantitative estimate of drug-likeness (QED) is 0.769. The highest BCUT2D eigenvalue weighted by Crippen LogP contribution is 2.31. The molecular weight excluding hydrogens is 328 g/mol. The summed E-state index contributed by atoms with van der Waals surface area (Å²) >= 11 is 10.7. The van der Waals surface area contributed by atoms with E-state index in [1.807, 2.05) is 17.8 Å². The average molecular weight is 339 g/mol. The zero-order chi connectivity index (χ0) is 12.7. The Morgan fingerprint density at radius 3 is 3.00 bits per heavy atom. The summed E-state index contributed by atoms with van der Waals surface area (Å²) in [4.78, 5) is 7.96. The number of benzene rings is 1. The van der Waals surface area contributed by atoms with Crippen LogP contribution in [0.25, 0.3) is 11.4 Å². The minimum absolute atomic E-state index is 0.742. The highest BCUT2D eigenvalue weighted by molar-refractivity contribution is 9.10. The summed E-state index contributed by atoms with van der Waals surface area (Å²) in [5.74, 6) is 2.87. The number of aromatic nitrogens is 2. The smallest absolute Gasteiger partial charge is 0.139 e. The average Bonchev–Trinajstić information content (AvgIpc) is 2.77. The van der Waals surface area contributed by atoms with Crippen LogP contribution in [0.5, 0.6) is 0 Å². The minimum Gasteiger partial charge on any atom is -0.342 e. The predicted octanol–water partition coefficient (Wildman–Crippen LogP) is 4.62. The van der Waals surface area contributed by atoms with Gasteiger partial charge in [0.15, 0.2) is 0 Å². The normalized spacial score (nSPS) is 13.7. The lowest BCUT2D eigenvalue weighted by Crippen LogP contribution is -1.98. The zero-order valence-electron chi connectivity index (χ0n) is 9.79. The Hall–Kier alpha value is -0.650. The van der Waals surface area contributed by atoms with Crippen LogP contribution in [0.1, 0.15) is 16.8 Å². The largest absolute Gasteiger partial charge is 0.342 e. The first kappa shape index (κ1) is 12.4. The Bertz CT molecular complexity index is 679. The van der Waals surface area contributed by atoms with Gasteiger partial charge in [0.2, 0.25) is 0 Å². The first-order valence-electron chi connectivity index (χ1n) is 5.61. The molecule has 1 N–H and O–H groups in total. The number of H-pyrrole nitrogens is 1. The first-order chi connectivity index (χ1) is 8.65. The van der Waals surface area contributed by atoms with Gasteiger partial charge in [-0.15, -0.1) is 0 Å². The van der Waals surface area contributed by atoms with Gasteiger partial charge >= 0.3 is 0 Å². The fourth-order valence-corrected chi connectivity index (χ4v) is 4.01. The van der Waals surface area contributed by atoms with Gasteiger partial charge in [0.25, 0.3) is 0 Å². The maximum Gasteiger partial charge on any atom is 0.139 e. The molecule has 0 saturated heterocycles. The molecule has 1 aromatic carbocycles. The third-order valence-electron chi connectivity index (χ3n) is 3.04. The first-order valence-corrected chi connectivity index (χ1v) is 7.97. The fraction of sp³-hybridized carbons (Fsp3) is 0.231. The molecule has 0 saturated carbocycles. The number of fused-ring (bicyclic) bond motifs is 1. The molecule has 3 rings (SSSR count). The van der Waals surface area contributed by atoms with Crippen LogP contribution in [-0.4, -0.2) is 9.97 Å². The summed E-state index contributed by atoms with van der Waals surface area (Å²) < 4.78 is 1.82. The maximum atomic E-state index is 5.38. The number of thioether (sulfide) groups is 1. The van der Waals surface area contributed by atoms with Gasteiger partial charge in [0.05, 0.1) is 0 Å². The van der Waals surface area contributed by atoms with Gasteiger partial charge in [-0.3, -0.25) is 0 Å². The molecule has 0 amide bonds. The van der Waals surface area contributed by atoms with Crippen molar-refractivity contribution in [3.8, 4) is 11.4 Å². The molecule has 1 aromatic heterocycles. The van der Waals surface area contributed by atoms with Gasteiger partial charge < -0.3 is 4.98 Å². The summed E-state index contributed by atoms with van der Waals surface area (Å²) in [5.41, 5.74) is 4.74. The van der Waals surface area contributed by atoms with Crippen LogP contribution in [0.2, 0.25) is 0 Å². The molecule has 5 heteroatoms. The van der Waals surface area contributed by atoms with Crippen molar-refractivity contribution >= 4 is 39.9 Å². The third kappa shape index (κ3) is 2.15. The van der Waals surface area contributed by atoms with Gasteiger partial charge in [0, 0.05) is 32.8 Å². The van der Waals surface area contributed by atoms with Crippen LogP contribution in [0.3, 0.4) is 0 Å². The number of nitrogens with zero attached hydrogens (tertiary/aromatic N) is 1. The second-order valence-electron chi connectivity index (χ2n) is 4.30. The molecule has 2 heterocycles. The SMILES string of the molecule is Cc1cc(Br)ccc1-c1nc(=S)c2c([nH]1)CSC2. The van der Waals surface area contributed by atoms with Crippen LogP contribution in [-0.2, 0) is 11.5 Å². The molecule has 0 bridgehead atoms. The van der Waals surface area contributed by atoms with Gasteiger partial charge in [-0.1, -0.05) is 28.1 Å². The van der Waals surface area contributed by atoms with Crippen molar-refractivity contribution in [2.24, 2.45) is 0 Å². The molecule has 0 unspecified atom stereocenters. The monoisotopic (exact) mass is 338 g/mol. The van der Waals surface area contributed by atoms with Crippen molar-refractivity contribution in [3.05, 3.63) is 44.1 Å². The van der Waals surface area contributed by atoms with E-state index in [1.165, 1.54) is 16.8 Å². The van der Waals surface area contributed by atoms with Gasteiger partial charge in [-0.25, -0.2) is 4.98 Å². The highest BCUT2D eigenvalue weighted by Gasteiger charge is 2.16. The Morgan fingerprint density at radius 2 is 2.22 bits per heavy atom. The molecule has 1 aliphatic heterocycles. The zero-order valence-corrected chi connectivity index (χ0v) is 13.0. The molecule has 0 atom stereocenters. The van der Waals surface area contributed by atoms with Crippen LogP contribution in [0.4, 0.5) is 0 Å². The van der Waals surface area contributed by atoms with Crippen LogP contribution >= 0.6 is 39.9 Å². The van der Waals surface area contributed by atoms with Gasteiger partial charge in [-0.2, -0.15) is 11.8 Å². The van der Waals surface area contributed by atoms with Crippen LogP contribution < -0.4 is 0 Å². The Balaban J connectivity index is 2.18. The summed E-state index contributed by atoms with van der Waals surface area (Å²) in [5, 5.41) is 0. The van der Waals surface area contributed by atoms with E-state index in [4.69, 9.17) is 12.2 Å². The number of rotatable bonds is 1. The Labute approximate surface area is 123 Å². The molecule has 0 fully saturated rings. The molecular formula is C13H11BrN2S2. The number of aryl methyl sites for hydroxylation is 1. The summed E-state index contributed by atoms with van der Waals surface area (Å²) in [6.45, 7) is 2.08. The van der Waals surface area contributed by atoms with Crippen molar-refractivity contribution in [2.45, 2.75) is 18.4 Å². The summed E-state index contributed by atoms with van der Waals surface area (Å²) in [6.07, 6.45) is 0. The highest BCUT2D eigenvalue weighted by atomic mass is 79.9. The standard InChI is InChI=1S/C13H11BrN2S2/c1-7-4-8(14)2-3-9(7)12-15-11-6-18-5-10(11)13(17)16-12/h2-4H,5-6H2,1H3,(H,15,16,17). The van der Waals surface area contributed by atoms with Crippen molar-refractivity contribution < 1.29 is 0 Å². The second kappa shape index (κ2) is 4.79. The van der Waals surface area contributed by atoms with Crippen molar-refractivity contribution in [1.29, 1.82) is 0 Å². The molecule has 1 aliphatic rings. The number of hydrogen-bond acceptors (Lipinski definition) is 3. The Kier molecular flexibility index (Phi) is 3.30. The van der Waals surface area contributed by atoms with E-state index in [1.54, 1.807) is 0 Å². The van der Waals surface area contributed by atoms with Crippen molar-refractivity contribution in [3.63, 3.8) is 0 Å². The fourth-order valence-electron chi connectivity index (χ4n) is 2.09. The van der Waals surface area contributed by atoms with E-state index in [-0.39, 0.29) is 0 Å². The molecule has 0 radical (unpaired) electrons. The number of nitrogens with one attached hydrogen (secondary N) is 1. The van der Waals surface area contributed by atoms with Crippen LogP contribution in [0.15, 0.2) is 22.7 Å². The number of hydrogen-bond donors (Lipinski definition) is 1. The Morgan fingerprint density at radius 1 is 1.39 bits per heavy atom. The maximum absolute atomic E-state index is 5.38. The van der Waals surface area contributed by atoms with Crippen molar-refractivity contribution in [2.75, 3.05) is 0 Å². The van der Waals surface area contributed by atoms with Crippen LogP contribution in [0, 0.1) is 11.6 Å². The lowest BCUT2D eigenvalue weighted by Gasteiger charge is -2.08. The minimum atomic E-state index is 0.742. The van der Waals surface area contributed by atoms with E-state index in [9.17, 15) is 0 Å². The van der Waals surface area contributed by atoms with Gasteiger partial charge in [0.1, 0.15) is 10.5 Å².